The molecule has 0 aliphatic carbocycles. The summed E-state index contributed by atoms with van der Waals surface area (Å²) in [5.41, 5.74) is 2.78. The van der Waals surface area contributed by atoms with Crippen LogP contribution in [0.15, 0.2) is 70.3 Å². The van der Waals surface area contributed by atoms with Crippen molar-refractivity contribution in [3.05, 3.63) is 71.0 Å². The number of rotatable bonds is 6. The van der Waals surface area contributed by atoms with E-state index < -0.39 is 9.84 Å². The molecule has 4 rings (SSSR count). The Morgan fingerprint density at radius 1 is 1.14 bits per heavy atom. The molecule has 148 valence electrons. The van der Waals surface area contributed by atoms with Crippen LogP contribution >= 0.6 is 15.9 Å². The first-order valence-electron chi connectivity index (χ1n) is 8.78. The van der Waals surface area contributed by atoms with Crippen LogP contribution in [-0.2, 0) is 16.4 Å². The van der Waals surface area contributed by atoms with Crippen LogP contribution in [0.2, 0.25) is 0 Å². The van der Waals surface area contributed by atoms with Gasteiger partial charge in [-0.05, 0) is 57.9 Å². The second-order valence-corrected chi connectivity index (χ2v) is 9.44. The first-order chi connectivity index (χ1) is 13.9. The van der Waals surface area contributed by atoms with Crippen molar-refractivity contribution in [2.45, 2.75) is 11.4 Å². The summed E-state index contributed by atoms with van der Waals surface area (Å²) in [6.07, 6.45) is 4.76. The Kier molecular flexibility index (Phi) is 5.25. The van der Waals surface area contributed by atoms with Gasteiger partial charge < -0.3 is 15.6 Å². The summed E-state index contributed by atoms with van der Waals surface area (Å²) in [6.45, 7) is 0.424. The molecule has 3 N–H and O–H groups in total. The molecule has 2 heterocycles. The summed E-state index contributed by atoms with van der Waals surface area (Å²) >= 11 is 3.45. The van der Waals surface area contributed by atoms with E-state index in [9.17, 15) is 8.42 Å². The molecule has 0 atom stereocenters. The second-order valence-electron chi connectivity index (χ2n) is 6.57. The molecular formula is C20H18BrN5O2S. The van der Waals surface area contributed by atoms with Crippen molar-refractivity contribution in [3.8, 4) is 0 Å². The van der Waals surface area contributed by atoms with Crippen molar-refractivity contribution in [2.75, 3.05) is 16.9 Å². The maximum atomic E-state index is 11.7. The van der Waals surface area contributed by atoms with Gasteiger partial charge in [0.15, 0.2) is 9.84 Å². The third kappa shape index (κ3) is 4.57. The molecule has 29 heavy (non-hydrogen) atoms. The monoisotopic (exact) mass is 471 g/mol. The van der Waals surface area contributed by atoms with Crippen molar-refractivity contribution in [2.24, 2.45) is 0 Å². The van der Waals surface area contributed by atoms with E-state index in [1.165, 1.54) is 6.26 Å². The zero-order valence-electron chi connectivity index (χ0n) is 15.5. The number of hydrogen-bond acceptors (Lipinski definition) is 6. The van der Waals surface area contributed by atoms with Gasteiger partial charge in [0, 0.05) is 41.8 Å². The Hall–Kier alpha value is -2.91. The van der Waals surface area contributed by atoms with Gasteiger partial charge in [0.1, 0.15) is 5.82 Å². The van der Waals surface area contributed by atoms with Gasteiger partial charge in [0.25, 0.3) is 0 Å². The number of nitrogens with zero attached hydrogens (tertiary/aromatic N) is 2. The summed E-state index contributed by atoms with van der Waals surface area (Å²) in [5, 5.41) is 7.52. The molecule has 9 heteroatoms. The Labute approximate surface area is 176 Å². The fraction of sp³-hybridized carbons (Fsp3) is 0.100. The fourth-order valence-electron chi connectivity index (χ4n) is 2.88. The summed E-state index contributed by atoms with van der Waals surface area (Å²) in [6, 6.07) is 14.8. The lowest BCUT2D eigenvalue weighted by Crippen LogP contribution is -2.06. The molecule has 0 saturated carbocycles. The third-order valence-corrected chi connectivity index (χ3v) is 6.03. The van der Waals surface area contributed by atoms with Crippen LogP contribution in [0.1, 0.15) is 5.56 Å². The highest BCUT2D eigenvalue weighted by molar-refractivity contribution is 9.10. The van der Waals surface area contributed by atoms with Gasteiger partial charge in [-0.15, -0.1) is 0 Å². The lowest BCUT2D eigenvalue weighted by atomic mass is 10.2. The number of H-pyrrole nitrogens is 1. The number of fused-ring (bicyclic) bond motifs is 1. The fourth-order valence-corrected chi connectivity index (χ4v) is 3.91. The van der Waals surface area contributed by atoms with Gasteiger partial charge >= 0.3 is 0 Å². The van der Waals surface area contributed by atoms with E-state index in [2.05, 4.69) is 41.5 Å². The number of aromatic amines is 1. The van der Waals surface area contributed by atoms with Crippen LogP contribution in [0, 0.1) is 0 Å². The first-order valence-corrected chi connectivity index (χ1v) is 11.5. The van der Waals surface area contributed by atoms with E-state index in [1.54, 1.807) is 24.4 Å². The van der Waals surface area contributed by atoms with Crippen molar-refractivity contribution < 1.29 is 8.42 Å². The van der Waals surface area contributed by atoms with Crippen molar-refractivity contribution in [1.29, 1.82) is 0 Å². The average Bonchev–Trinajstić information content (AvgIpc) is 3.16. The van der Waals surface area contributed by atoms with Crippen LogP contribution in [0.3, 0.4) is 0 Å². The van der Waals surface area contributed by atoms with Gasteiger partial charge in [0.2, 0.25) is 5.95 Å². The molecule has 4 aromatic rings. The molecule has 7 nitrogen and oxygen atoms in total. The highest BCUT2D eigenvalue weighted by Gasteiger charge is 2.09. The predicted molar refractivity (Wildman–Crippen MR) is 118 cm³/mol. The summed E-state index contributed by atoms with van der Waals surface area (Å²) in [7, 11) is -3.24. The first kappa shape index (κ1) is 19.4. The number of anilines is 3. The molecule has 0 aliphatic rings. The van der Waals surface area contributed by atoms with E-state index in [0.29, 0.717) is 27.7 Å². The van der Waals surface area contributed by atoms with E-state index in [1.807, 2.05) is 36.5 Å². The maximum Gasteiger partial charge on any atom is 0.229 e. The van der Waals surface area contributed by atoms with E-state index in [-0.39, 0.29) is 0 Å². The number of halogens is 1. The molecule has 0 unspecified atom stereocenters. The Balaban J connectivity index is 1.51. The minimum absolute atomic E-state index is 0.293. The largest absolute Gasteiger partial charge is 0.365 e. The molecule has 0 saturated heterocycles. The van der Waals surface area contributed by atoms with Crippen LogP contribution in [0.4, 0.5) is 17.5 Å². The highest BCUT2D eigenvalue weighted by Crippen LogP contribution is 2.24. The number of hydrogen-bond donors (Lipinski definition) is 3. The van der Waals surface area contributed by atoms with Crippen molar-refractivity contribution in [3.63, 3.8) is 0 Å². The molecule has 0 radical (unpaired) electrons. The van der Waals surface area contributed by atoms with Gasteiger partial charge in [-0.25, -0.2) is 13.4 Å². The maximum absolute atomic E-state index is 11.7. The van der Waals surface area contributed by atoms with Gasteiger partial charge in [-0.1, -0.05) is 12.1 Å². The van der Waals surface area contributed by atoms with Crippen molar-refractivity contribution in [1.82, 2.24) is 15.0 Å². The molecule has 2 aromatic carbocycles. The van der Waals surface area contributed by atoms with Crippen LogP contribution in [0.5, 0.6) is 0 Å². The minimum Gasteiger partial charge on any atom is -0.365 e. The quantitative estimate of drug-likeness (QED) is 0.383. The summed E-state index contributed by atoms with van der Waals surface area (Å²) in [4.78, 5) is 12.3. The lowest BCUT2D eigenvalue weighted by Gasteiger charge is -2.11. The second kappa shape index (κ2) is 7.84. The van der Waals surface area contributed by atoms with Gasteiger partial charge in [-0.3, -0.25) is 0 Å². The molecule has 0 aliphatic heterocycles. The standard InChI is InChI=1S/C20H18BrN5O2S/c1-29(27,28)16-4-2-3-13(9-16)11-23-19-17(21)12-24-20(26-19)25-15-5-6-18-14(10-15)7-8-22-18/h2-10,12,22H,11H2,1H3,(H2,23,24,25,26). The molecule has 0 amide bonds. The zero-order valence-corrected chi connectivity index (χ0v) is 17.9. The number of nitrogens with one attached hydrogen (secondary N) is 3. The molecule has 0 fully saturated rings. The average molecular weight is 472 g/mol. The van der Waals surface area contributed by atoms with Gasteiger partial charge in [-0.2, -0.15) is 4.98 Å². The van der Waals surface area contributed by atoms with Crippen LogP contribution in [0.25, 0.3) is 10.9 Å². The Morgan fingerprint density at radius 2 is 2.00 bits per heavy atom. The summed E-state index contributed by atoms with van der Waals surface area (Å²) in [5.74, 6) is 1.06. The molecule has 2 aromatic heterocycles. The summed E-state index contributed by atoms with van der Waals surface area (Å²) < 4.78 is 24.2. The number of sulfone groups is 1. The SMILES string of the molecule is CS(=O)(=O)c1cccc(CNc2nc(Nc3ccc4[nH]ccc4c3)ncc2Br)c1. The van der Waals surface area contributed by atoms with E-state index in [4.69, 9.17) is 0 Å². The minimum atomic E-state index is -3.24. The van der Waals surface area contributed by atoms with Crippen molar-refractivity contribution >= 4 is 54.1 Å². The predicted octanol–water partition coefficient (Wildman–Crippen LogP) is 4.48. The van der Waals surface area contributed by atoms with E-state index in [0.717, 1.165) is 22.2 Å². The molecular weight excluding hydrogens is 454 g/mol. The van der Waals surface area contributed by atoms with Gasteiger partial charge in [0.05, 0.1) is 9.37 Å². The number of benzene rings is 2. The normalized spacial score (nSPS) is 11.5. The van der Waals surface area contributed by atoms with Crippen LogP contribution in [-0.4, -0.2) is 29.6 Å². The third-order valence-electron chi connectivity index (χ3n) is 4.34. The molecule has 0 spiro atoms. The lowest BCUT2D eigenvalue weighted by molar-refractivity contribution is 0.601. The molecule has 0 bridgehead atoms. The van der Waals surface area contributed by atoms with Crippen LogP contribution < -0.4 is 10.6 Å². The topological polar surface area (TPSA) is 99.8 Å². The Bertz CT molecular complexity index is 1290. The smallest absolute Gasteiger partial charge is 0.229 e. The zero-order chi connectivity index (χ0) is 20.4. The van der Waals surface area contributed by atoms with E-state index >= 15 is 0 Å². The Morgan fingerprint density at radius 3 is 2.83 bits per heavy atom. The number of aromatic nitrogens is 3. The highest BCUT2D eigenvalue weighted by atomic mass is 79.9.